The molecule has 1 atom stereocenters. The van der Waals surface area contributed by atoms with Crippen molar-refractivity contribution in [1.29, 1.82) is 0 Å². The van der Waals surface area contributed by atoms with Gasteiger partial charge >= 0.3 is 0 Å². The van der Waals surface area contributed by atoms with Crippen LogP contribution < -0.4 is 10.6 Å². The number of aryl methyl sites for hydroxylation is 1. The molecule has 6 aromatic rings. The monoisotopic (exact) mass is 597 g/mol. The van der Waals surface area contributed by atoms with Crippen LogP contribution >= 0.6 is 0 Å². The Morgan fingerprint density at radius 1 is 0.932 bits per heavy atom. The average molecular weight is 598 g/mol. The second-order valence-corrected chi connectivity index (χ2v) is 10.3. The fourth-order valence-corrected chi connectivity index (χ4v) is 5.38. The number of carbonyl (C=O) groups is 2. The molecular formula is C32H26F3N7O2. The fourth-order valence-electron chi connectivity index (χ4n) is 5.38. The Bertz CT molecular complexity index is 2030. The lowest BCUT2D eigenvalue weighted by Crippen LogP contribution is -2.33. The van der Waals surface area contributed by atoms with Crippen LogP contribution in [0.15, 0.2) is 79.0 Å². The SMILES string of the molecule is CNC(=O)c1cc(-c2cccnc2[C@H](Cc2cc(F)cc(F)c2)NC(=O)Cn2c3ccccc3n3nc(C)nc23)ccc1F. The molecule has 3 heterocycles. The van der Waals surface area contributed by atoms with E-state index < -0.39 is 35.3 Å². The number of para-hydroxylation sites is 2. The van der Waals surface area contributed by atoms with E-state index in [1.165, 1.54) is 43.6 Å². The third-order valence-corrected chi connectivity index (χ3v) is 7.25. The lowest BCUT2D eigenvalue weighted by atomic mass is 9.94. The molecule has 0 bridgehead atoms. The third kappa shape index (κ3) is 5.49. The summed E-state index contributed by atoms with van der Waals surface area (Å²) in [7, 11) is 1.40. The minimum atomic E-state index is -0.870. The van der Waals surface area contributed by atoms with E-state index in [0.717, 1.165) is 17.1 Å². The van der Waals surface area contributed by atoms with E-state index in [0.29, 0.717) is 28.4 Å². The van der Waals surface area contributed by atoms with E-state index in [-0.39, 0.29) is 24.1 Å². The van der Waals surface area contributed by atoms with Crippen LogP contribution in [0.5, 0.6) is 0 Å². The molecule has 2 N–H and O–H groups in total. The summed E-state index contributed by atoms with van der Waals surface area (Å²) in [5, 5.41) is 9.85. The molecule has 9 nitrogen and oxygen atoms in total. The number of carbonyl (C=O) groups excluding carboxylic acids is 2. The van der Waals surface area contributed by atoms with Crippen LogP contribution in [0.25, 0.3) is 27.9 Å². The Labute approximate surface area is 249 Å². The topological polar surface area (TPSA) is 106 Å². The number of benzene rings is 3. The molecule has 44 heavy (non-hydrogen) atoms. The first-order valence-electron chi connectivity index (χ1n) is 13.7. The number of pyridine rings is 1. The van der Waals surface area contributed by atoms with Crippen molar-refractivity contribution in [2.75, 3.05) is 7.05 Å². The molecule has 12 heteroatoms. The zero-order chi connectivity index (χ0) is 31.0. The number of nitrogens with zero attached hydrogens (tertiary/aromatic N) is 5. The zero-order valence-electron chi connectivity index (χ0n) is 23.7. The molecule has 0 aliphatic carbocycles. The van der Waals surface area contributed by atoms with Gasteiger partial charge < -0.3 is 10.6 Å². The van der Waals surface area contributed by atoms with E-state index in [2.05, 4.69) is 25.7 Å². The van der Waals surface area contributed by atoms with Crippen LogP contribution in [0.1, 0.15) is 33.5 Å². The van der Waals surface area contributed by atoms with Gasteiger partial charge in [-0.1, -0.05) is 24.3 Å². The summed E-state index contributed by atoms with van der Waals surface area (Å²) in [6.07, 6.45) is 1.51. The van der Waals surface area contributed by atoms with Crippen molar-refractivity contribution >= 4 is 28.6 Å². The Kier molecular flexibility index (Phi) is 7.56. The standard InChI is InChI=1S/C32H26F3N7O2/c1-18-38-32-41(27-7-3-4-8-28(27)42(32)40-18)17-29(43)39-26(14-19-12-21(33)16-22(34)13-19)30-23(6-5-11-37-30)20-9-10-25(35)24(15-20)31(44)36-2/h3-13,15-16,26H,14,17H2,1-2H3,(H,36,44)(H,39,43)/t26-/m0/s1. The molecule has 0 saturated carbocycles. The molecule has 3 aromatic heterocycles. The van der Waals surface area contributed by atoms with Gasteiger partial charge in [-0.2, -0.15) is 9.50 Å². The lowest BCUT2D eigenvalue weighted by Gasteiger charge is -2.22. The van der Waals surface area contributed by atoms with Crippen LogP contribution in [0.3, 0.4) is 0 Å². The van der Waals surface area contributed by atoms with Crippen LogP contribution in [0, 0.1) is 24.4 Å². The molecule has 0 aliphatic rings. The van der Waals surface area contributed by atoms with Crippen LogP contribution in [0.2, 0.25) is 0 Å². The second-order valence-electron chi connectivity index (χ2n) is 10.3. The highest BCUT2D eigenvalue weighted by Gasteiger charge is 2.24. The predicted molar refractivity (Wildman–Crippen MR) is 157 cm³/mol. The van der Waals surface area contributed by atoms with E-state index in [4.69, 9.17) is 0 Å². The van der Waals surface area contributed by atoms with Crippen LogP contribution in [0.4, 0.5) is 13.2 Å². The predicted octanol–water partition coefficient (Wildman–Crippen LogP) is 4.93. The first-order chi connectivity index (χ1) is 21.2. The maximum atomic E-state index is 14.5. The number of imidazole rings is 1. The van der Waals surface area contributed by atoms with Gasteiger partial charge in [-0.15, -0.1) is 5.10 Å². The molecule has 0 aliphatic heterocycles. The minimum Gasteiger partial charge on any atom is -0.355 e. The van der Waals surface area contributed by atoms with Gasteiger partial charge in [0.05, 0.1) is 28.3 Å². The summed E-state index contributed by atoms with van der Waals surface area (Å²) in [5.74, 6) is -2.23. The Hall–Kier alpha value is -5.52. The van der Waals surface area contributed by atoms with Gasteiger partial charge in [0.2, 0.25) is 11.7 Å². The van der Waals surface area contributed by atoms with Crippen LogP contribution in [-0.2, 0) is 17.8 Å². The minimum absolute atomic E-state index is 0.0141. The van der Waals surface area contributed by atoms with Crippen LogP contribution in [-0.4, -0.2) is 43.0 Å². The van der Waals surface area contributed by atoms with E-state index in [9.17, 15) is 22.8 Å². The highest BCUT2D eigenvalue weighted by molar-refractivity contribution is 5.95. The number of halogens is 3. The lowest BCUT2D eigenvalue weighted by molar-refractivity contribution is -0.122. The maximum absolute atomic E-state index is 14.5. The number of rotatable bonds is 8. The van der Waals surface area contributed by atoms with Crippen molar-refractivity contribution in [3.8, 4) is 11.1 Å². The quantitative estimate of drug-likeness (QED) is 0.259. The molecular weight excluding hydrogens is 571 g/mol. The highest BCUT2D eigenvalue weighted by Crippen LogP contribution is 2.31. The molecule has 0 fully saturated rings. The van der Waals surface area contributed by atoms with Gasteiger partial charge in [-0.25, -0.2) is 13.2 Å². The number of hydrogen-bond acceptors (Lipinski definition) is 5. The first-order valence-corrected chi connectivity index (χ1v) is 13.7. The molecule has 2 amide bonds. The first kappa shape index (κ1) is 28.6. The van der Waals surface area contributed by atoms with E-state index in [1.54, 1.807) is 28.1 Å². The van der Waals surface area contributed by atoms with Gasteiger partial charge in [0.1, 0.15) is 29.8 Å². The van der Waals surface area contributed by atoms with Crippen molar-refractivity contribution in [3.63, 3.8) is 0 Å². The largest absolute Gasteiger partial charge is 0.355 e. The molecule has 222 valence electrons. The molecule has 3 aromatic carbocycles. The van der Waals surface area contributed by atoms with E-state index >= 15 is 0 Å². The van der Waals surface area contributed by atoms with Crippen molar-refractivity contribution in [2.45, 2.75) is 25.9 Å². The number of nitrogens with one attached hydrogen (secondary N) is 2. The molecule has 0 saturated heterocycles. The maximum Gasteiger partial charge on any atom is 0.254 e. The number of fused-ring (bicyclic) bond motifs is 3. The molecule has 0 unspecified atom stereocenters. The number of amides is 2. The van der Waals surface area contributed by atoms with Crippen molar-refractivity contribution in [2.24, 2.45) is 0 Å². The van der Waals surface area contributed by atoms with Crippen molar-refractivity contribution in [3.05, 3.63) is 119 Å². The summed E-state index contributed by atoms with van der Waals surface area (Å²) < 4.78 is 46.3. The Morgan fingerprint density at radius 2 is 1.68 bits per heavy atom. The van der Waals surface area contributed by atoms with Gasteiger partial charge in [0.15, 0.2) is 0 Å². The summed E-state index contributed by atoms with van der Waals surface area (Å²) in [6.45, 7) is 1.62. The van der Waals surface area contributed by atoms with Crippen molar-refractivity contribution < 1.29 is 22.8 Å². The van der Waals surface area contributed by atoms with Gasteiger partial charge in [0, 0.05) is 24.9 Å². The molecule has 0 spiro atoms. The third-order valence-electron chi connectivity index (χ3n) is 7.25. The second kappa shape index (κ2) is 11.6. The zero-order valence-corrected chi connectivity index (χ0v) is 23.7. The van der Waals surface area contributed by atoms with Gasteiger partial charge in [-0.05, 0) is 66.9 Å². The molecule has 0 radical (unpaired) electrons. The number of aromatic nitrogens is 5. The normalized spacial score (nSPS) is 12.0. The molecule has 6 rings (SSSR count). The summed E-state index contributed by atoms with van der Waals surface area (Å²) >= 11 is 0. The number of hydrogen-bond donors (Lipinski definition) is 2. The van der Waals surface area contributed by atoms with Crippen molar-refractivity contribution in [1.82, 2.24) is 34.8 Å². The summed E-state index contributed by atoms with van der Waals surface area (Å²) in [6, 6.07) is 17.2. The fraction of sp³-hybridized carbons (Fsp3) is 0.156. The Morgan fingerprint density at radius 3 is 2.43 bits per heavy atom. The van der Waals surface area contributed by atoms with Gasteiger partial charge in [0.25, 0.3) is 5.91 Å². The summed E-state index contributed by atoms with van der Waals surface area (Å²) in [4.78, 5) is 35.1. The van der Waals surface area contributed by atoms with Gasteiger partial charge in [-0.3, -0.25) is 19.1 Å². The Balaban J connectivity index is 1.41. The highest BCUT2D eigenvalue weighted by atomic mass is 19.1. The average Bonchev–Trinajstić information content (AvgIpc) is 3.51. The smallest absolute Gasteiger partial charge is 0.254 e. The summed E-state index contributed by atoms with van der Waals surface area (Å²) in [5.41, 5.74) is 2.97. The van der Waals surface area contributed by atoms with E-state index in [1.807, 2.05) is 24.3 Å².